The number of aryl methyl sites for hydroxylation is 1. The topological polar surface area (TPSA) is 35.2 Å². The molecular weight excluding hydrogens is 324 g/mol. The van der Waals surface area contributed by atoms with Gasteiger partial charge in [0, 0.05) is 3.57 Å². The molecule has 1 aromatic rings. The van der Waals surface area contributed by atoms with Crippen LogP contribution in [0.4, 0.5) is 0 Å². The fraction of sp³-hybridized carbons (Fsp3) is 0.455. The zero-order valence-corrected chi connectivity index (χ0v) is 11.6. The Kier molecular flexibility index (Phi) is 4.26. The summed E-state index contributed by atoms with van der Waals surface area (Å²) in [7, 11) is 0. The molecular formula is C11H15ClINO. The first-order chi connectivity index (χ1) is 6.59. The highest BCUT2D eigenvalue weighted by atomic mass is 127. The van der Waals surface area contributed by atoms with Crippen molar-refractivity contribution in [2.24, 2.45) is 5.73 Å². The first-order valence-electron chi connectivity index (χ1n) is 4.77. The third-order valence-corrected chi connectivity index (χ3v) is 3.22. The Balaban J connectivity index is 0.00000112. The zero-order valence-electron chi connectivity index (χ0n) is 8.63. The molecule has 15 heavy (non-hydrogen) atoms. The van der Waals surface area contributed by atoms with E-state index in [9.17, 15) is 0 Å². The van der Waals surface area contributed by atoms with E-state index in [4.69, 9.17) is 10.5 Å². The molecule has 0 spiro atoms. The molecule has 1 saturated carbocycles. The van der Waals surface area contributed by atoms with Gasteiger partial charge in [-0.1, -0.05) is 0 Å². The molecule has 0 radical (unpaired) electrons. The van der Waals surface area contributed by atoms with E-state index < -0.39 is 0 Å². The zero-order chi connectivity index (χ0) is 10.2. The summed E-state index contributed by atoms with van der Waals surface area (Å²) < 4.78 is 6.93. The first-order valence-corrected chi connectivity index (χ1v) is 5.85. The maximum absolute atomic E-state index is 5.95. The number of rotatable bonds is 3. The molecule has 0 atom stereocenters. The average Bonchev–Trinajstić information content (AvgIpc) is 2.83. The Hall–Kier alpha value is -0.0000000000000000555. The van der Waals surface area contributed by atoms with Crippen molar-refractivity contribution in [1.29, 1.82) is 0 Å². The van der Waals surface area contributed by atoms with Crippen LogP contribution in [0.2, 0.25) is 0 Å². The van der Waals surface area contributed by atoms with Gasteiger partial charge in [-0.05, 0) is 66.1 Å². The molecule has 2 N–H and O–H groups in total. The van der Waals surface area contributed by atoms with Crippen LogP contribution in [0.5, 0.6) is 5.75 Å². The predicted molar refractivity (Wildman–Crippen MR) is 72.8 cm³/mol. The molecule has 0 amide bonds. The molecule has 1 aliphatic rings. The van der Waals surface area contributed by atoms with Crippen LogP contribution in [0.1, 0.15) is 18.4 Å². The third kappa shape index (κ3) is 3.50. The van der Waals surface area contributed by atoms with Gasteiger partial charge in [-0.15, -0.1) is 12.4 Å². The second-order valence-electron chi connectivity index (χ2n) is 4.06. The normalized spacial score (nSPS) is 16.7. The highest BCUT2D eigenvalue weighted by molar-refractivity contribution is 14.1. The van der Waals surface area contributed by atoms with E-state index in [0.29, 0.717) is 6.61 Å². The maximum Gasteiger partial charge on any atom is 0.122 e. The highest BCUT2D eigenvalue weighted by Crippen LogP contribution is 2.33. The smallest absolute Gasteiger partial charge is 0.122 e. The molecule has 2 nitrogen and oxygen atoms in total. The number of hydrogen-bond acceptors (Lipinski definition) is 2. The average molecular weight is 340 g/mol. The minimum Gasteiger partial charge on any atom is -0.491 e. The predicted octanol–water partition coefficient (Wildman–Crippen LogP) is 2.89. The molecule has 1 aromatic carbocycles. The van der Waals surface area contributed by atoms with Gasteiger partial charge in [0.2, 0.25) is 0 Å². The monoisotopic (exact) mass is 339 g/mol. The van der Waals surface area contributed by atoms with E-state index in [1.165, 1.54) is 9.13 Å². The summed E-state index contributed by atoms with van der Waals surface area (Å²) in [6, 6.07) is 6.19. The summed E-state index contributed by atoms with van der Waals surface area (Å²) in [5.74, 6) is 0.960. The van der Waals surface area contributed by atoms with E-state index in [2.05, 4.69) is 41.6 Å². The van der Waals surface area contributed by atoms with Gasteiger partial charge in [-0.2, -0.15) is 0 Å². The number of ether oxygens (including phenoxy) is 1. The lowest BCUT2D eigenvalue weighted by atomic mass is 10.2. The van der Waals surface area contributed by atoms with Gasteiger partial charge >= 0.3 is 0 Å². The molecule has 1 aliphatic carbocycles. The Morgan fingerprint density at radius 2 is 2.13 bits per heavy atom. The van der Waals surface area contributed by atoms with Crippen molar-refractivity contribution in [3.05, 3.63) is 27.3 Å². The summed E-state index contributed by atoms with van der Waals surface area (Å²) in [6.07, 6.45) is 2.19. The largest absolute Gasteiger partial charge is 0.491 e. The SMILES string of the molecule is Cc1cc(I)ccc1OCC1(N)CC1.Cl. The number of hydrogen-bond donors (Lipinski definition) is 1. The van der Waals surface area contributed by atoms with E-state index in [0.717, 1.165) is 18.6 Å². The van der Waals surface area contributed by atoms with Crippen LogP contribution in [0, 0.1) is 10.5 Å². The van der Waals surface area contributed by atoms with E-state index in [1.54, 1.807) is 0 Å². The Bertz CT molecular complexity index is 352. The highest BCUT2D eigenvalue weighted by Gasteiger charge is 2.39. The van der Waals surface area contributed by atoms with Gasteiger partial charge in [0.1, 0.15) is 12.4 Å². The number of nitrogens with two attached hydrogens (primary N) is 1. The summed E-state index contributed by atoms with van der Waals surface area (Å²) in [4.78, 5) is 0. The van der Waals surface area contributed by atoms with Gasteiger partial charge in [0.25, 0.3) is 0 Å². The fourth-order valence-corrected chi connectivity index (χ4v) is 1.95. The molecule has 0 aliphatic heterocycles. The van der Waals surface area contributed by atoms with Gasteiger partial charge in [-0.25, -0.2) is 0 Å². The van der Waals surface area contributed by atoms with Gasteiger partial charge < -0.3 is 10.5 Å². The standard InChI is InChI=1S/C11H14INO.ClH/c1-8-6-9(12)2-3-10(8)14-7-11(13)4-5-11;/h2-3,6H,4-5,7,13H2,1H3;1H. The van der Waals surface area contributed by atoms with Crippen LogP contribution >= 0.6 is 35.0 Å². The second-order valence-corrected chi connectivity index (χ2v) is 5.31. The van der Waals surface area contributed by atoms with E-state index >= 15 is 0 Å². The Morgan fingerprint density at radius 1 is 1.47 bits per heavy atom. The van der Waals surface area contributed by atoms with Crippen molar-refractivity contribution in [1.82, 2.24) is 0 Å². The van der Waals surface area contributed by atoms with Crippen molar-refractivity contribution in [2.75, 3.05) is 6.61 Å². The second kappa shape index (κ2) is 4.89. The third-order valence-electron chi connectivity index (χ3n) is 2.54. The molecule has 4 heteroatoms. The molecule has 84 valence electrons. The van der Waals surface area contributed by atoms with Crippen LogP contribution in [-0.2, 0) is 0 Å². The van der Waals surface area contributed by atoms with Crippen molar-refractivity contribution >= 4 is 35.0 Å². The lowest BCUT2D eigenvalue weighted by molar-refractivity contribution is 0.278. The van der Waals surface area contributed by atoms with E-state index in [1.807, 2.05) is 6.07 Å². The van der Waals surface area contributed by atoms with Crippen LogP contribution in [0.25, 0.3) is 0 Å². The first kappa shape index (κ1) is 13.1. The summed E-state index contributed by atoms with van der Waals surface area (Å²) in [5.41, 5.74) is 7.10. The van der Waals surface area contributed by atoms with Crippen molar-refractivity contribution in [3.8, 4) is 5.75 Å². The Morgan fingerprint density at radius 3 is 2.67 bits per heavy atom. The molecule has 0 saturated heterocycles. The number of benzene rings is 1. The summed E-state index contributed by atoms with van der Waals surface area (Å²) in [6.45, 7) is 2.71. The lowest BCUT2D eigenvalue weighted by Crippen LogP contribution is -2.29. The fourth-order valence-electron chi connectivity index (χ4n) is 1.30. The maximum atomic E-state index is 5.95. The minimum absolute atomic E-state index is 0. The molecule has 0 unspecified atom stereocenters. The Labute approximate surface area is 110 Å². The molecule has 2 rings (SSSR count). The quantitative estimate of drug-likeness (QED) is 0.860. The molecule has 0 bridgehead atoms. The van der Waals surface area contributed by atoms with Crippen LogP contribution in [-0.4, -0.2) is 12.1 Å². The van der Waals surface area contributed by atoms with Crippen LogP contribution < -0.4 is 10.5 Å². The molecule has 0 aromatic heterocycles. The van der Waals surface area contributed by atoms with E-state index in [-0.39, 0.29) is 17.9 Å². The molecule has 0 heterocycles. The summed E-state index contributed by atoms with van der Waals surface area (Å²) in [5, 5.41) is 0. The lowest BCUT2D eigenvalue weighted by Gasteiger charge is -2.13. The van der Waals surface area contributed by atoms with Crippen LogP contribution in [0.15, 0.2) is 18.2 Å². The van der Waals surface area contributed by atoms with Crippen molar-refractivity contribution in [3.63, 3.8) is 0 Å². The summed E-state index contributed by atoms with van der Waals surface area (Å²) >= 11 is 2.30. The number of halogens is 2. The van der Waals surface area contributed by atoms with Gasteiger partial charge in [0.05, 0.1) is 5.54 Å². The van der Waals surface area contributed by atoms with Gasteiger partial charge in [-0.3, -0.25) is 0 Å². The minimum atomic E-state index is -0.0323. The molecule has 1 fully saturated rings. The van der Waals surface area contributed by atoms with Crippen molar-refractivity contribution < 1.29 is 4.74 Å². The van der Waals surface area contributed by atoms with Crippen molar-refractivity contribution in [2.45, 2.75) is 25.3 Å². The van der Waals surface area contributed by atoms with Crippen LogP contribution in [0.3, 0.4) is 0 Å². The van der Waals surface area contributed by atoms with Gasteiger partial charge in [0.15, 0.2) is 0 Å².